The smallest absolute Gasteiger partial charge is 0.309 e. The third-order valence-electron chi connectivity index (χ3n) is 10.1. The van der Waals surface area contributed by atoms with Crippen LogP contribution < -0.4 is 20.1 Å². The van der Waals surface area contributed by atoms with E-state index in [9.17, 15) is 24.8 Å². The van der Waals surface area contributed by atoms with Crippen LogP contribution in [0.1, 0.15) is 87.6 Å². The molecule has 0 saturated heterocycles. The number of carbonyl (C=O) groups excluding carboxylic acids is 2. The lowest BCUT2D eigenvalue weighted by molar-refractivity contribution is -0.150. The number of carboxylic acid groups (broad SMARTS) is 1. The quantitative estimate of drug-likeness (QED) is 0.374. The molecule has 0 aliphatic heterocycles. The van der Waals surface area contributed by atoms with Gasteiger partial charge < -0.3 is 25.2 Å². The van der Waals surface area contributed by atoms with Gasteiger partial charge in [-0.2, -0.15) is 5.26 Å². The van der Waals surface area contributed by atoms with Crippen molar-refractivity contribution in [3.8, 4) is 17.6 Å². The van der Waals surface area contributed by atoms with Crippen molar-refractivity contribution in [1.82, 2.24) is 10.6 Å². The van der Waals surface area contributed by atoms with Crippen LogP contribution in [0.25, 0.3) is 0 Å². The highest BCUT2D eigenvalue weighted by atomic mass is 16.5. The summed E-state index contributed by atoms with van der Waals surface area (Å²) in [5.74, 6) is -0.893. The molecule has 0 unspecified atom stereocenters. The second kappa shape index (κ2) is 11.4. The number of ether oxygens (including phenoxy) is 2. The monoisotopic (exact) mass is 563 g/mol. The number of rotatable bonds is 9. The topological polar surface area (TPSA) is 138 Å². The molecule has 4 atom stereocenters. The Morgan fingerprint density at radius 1 is 1.02 bits per heavy atom. The molecule has 9 nitrogen and oxygen atoms in total. The fourth-order valence-electron chi connectivity index (χ4n) is 6.98. The molecule has 2 amide bonds. The Bertz CT molecular complexity index is 1270. The molecule has 2 bridgehead atoms. The molecule has 5 aliphatic rings. The van der Waals surface area contributed by atoms with Crippen LogP contribution in [0.2, 0.25) is 0 Å². The number of benzene rings is 1. The van der Waals surface area contributed by atoms with E-state index in [2.05, 4.69) is 35.8 Å². The number of methoxy groups -OCH3 is 1. The van der Waals surface area contributed by atoms with Crippen LogP contribution >= 0.6 is 0 Å². The zero-order valence-electron chi connectivity index (χ0n) is 24.2. The lowest BCUT2D eigenvalue weighted by Crippen LogP contribution is -2.57. The summed E-state index contributed by atoms with van der Waals surface area (Å²) in [5, 5.41) is 25.7. The number of carbonyl (C=O) groups is 3. The van der Waals surface area contributed by atoms with Crippen LogP contribution in [-0.2, 0) is 9.59 Å². The van der Waals surface area contributed by atoms with Crippen LogP contribution in [0.4, 0.5) is 0 Å². The number of fused-ring (bicyclic) bond motifs is 2. The van der Waals surface area contributed by atoms with Crippen LogP contribution in [0, 0.1) is 39.9 Å². The normalized spacial score (nSPS) is 31.3. The largest absolute Gasteiger partial charge is 0.496 e. The summed E-state index contributed by atoms with van der Waals surface area (Å²) in [7, 11) is 1.45. The maximum atomic E-state index is 13.8. The summed E-state index contributed by atoms with van der Waals surface area (Å²) in [4.78, 5) is 38.9. The predicted octanol–water partition coefficient (Wildman–Crippen LogP) is 4.60. The molecule has 1 aromatic rings. The average molecular weight is 564 g/mol. The molecule has 5 aliphatic carbocycles. The molecule has 9 heteroatoms. The van der Waals surface area contributed by atoms with E-state index in [1.54, 1.807) is 13.0 Å². The van der Waals surface area contributed by atoms with Gasteiger partial charge in [0.2, 0.25) is 5.91 Å². The summed E-state index contributed by atoms with van der Waals surface area (Å²) in [5.41, 5.74) is -0.144. The van der Waals surface area contributed by atoms with E-state index in [0.29, 0.717) is 32.2 Å². The minimum absolute atomic E-state index is 0.0102. The maximum Gasteiger partial charge on any atom is 0.309 e. The Labute approximate surface area is 241 Å². The van der Waals surface area contributed by atoms with Gasteiger partial charge in [0.05, 0.1) is 35.7 Å². The highest BCUT2D eigenvalue weighted by Crippen LogP contribution is 2.43. The number of amides is 2. The fourth-order valence-corrected chi connectivity index (χ4v) is 6.98. The Hall–Kier alpha value is -3.54. The summed E-state index contributed by atoms with van der Waals surface area (Å²) < 4.78 is 11.7. The molecule has 0 heterocycles. The van der Waals surface area contributed by atoms with Gasteiger partial charge in [0, 0.05) is 18.7 Å². The van der Waals surface area contributed by atoms with Crippen molar-refractivity contribution in [1.29, 1.82) is 5.26 Å². The van der Waals surface area contributed by atoms with Gasteiger partial charge in [-0.3, -0.25) is 14.4 Å². The molecule has 6 rings (SSSR count). The molecule has 41 heavy (non-hydrogen) atoms. The minimum Gasteiger partial charge on any atom is -0.496 e. The minimum atomic E-state index is -0.812. The maximum absolute atomic E-state index is 13.8. The zero-order chi connectivity index (χ0) is 29.4. The highest BCUT2D eigenvalue weighted by molar-refractivity contribution is 5.98. The number of hydrogen-bond donors (Lipinski definition) is 3. The van der Waals surface area contributed by atoms with Gasteiger partial charge in [-0.25, -0.2) is 0 Å². The van der Waals surface area contributed by atoms with Gasteiger partial charge in [0.1, 0.15) is 17.6 Å². The van der Waals surface area contributed by atoms with Crippen molar-refractivity contribution in [2.45, 2.75) is 83.8 Å². The molecule has 1 aromatic carbocycles. The van der Waals surface area contributed by atoms with Crippen LogP contribution in [0.15, 0.2) is 24.3 Å². The molecular formula is C32H41N3O6. The first kappa shape index (κ1) is 29.0. The first-order chi connectivity index (χ1) is 19.6. The average Bonchev–Trinajstić information content (AvgIpc) is 2.96. The lowest BCUT2D eigenvalue weighted by atomic mass is 9.65. The van der Waals surface area contributed by atoms with Gasteiger partial charge in [0.25, 0.3) is 5.91 Å². The van der Waals surface area contributed by atoms with Crippen LogP contribution in [-0.4, -0.2) is 48.7 Å². The van der Waals surface area contributed by atoms with Gasteiger partial charge in [-0.05, 0) is 81.6 Å². The molecular weight excluding hydrogens is 522 g/mol. The van der Waals surface area contributed by atoms with E-state index in [1.165, 1.54) is 19.6 Å². The van der Waals surface area contributed by atoms with Crippen molar-refractivity contribution >= 4 is 17.8 Å². The number of nitriles is 1. The lowest BCUT2D eigenvalue weighted by Gasteiger charge is -2.45. The Morgan fingerprint density at radius 3 is 2.27 bits per heavy atom. The Morgan fingerprint density at radius 2 is 1.71 bits per heavy atom. The summed E-state index contributed by atoms with van der Waals surface area (Å²) >= 11 is 0. The van der Waals surface area contributed by atoms with E-state index in [-0.39, 0.29) is 69.8 Å². The third-order valence-corrected chi connectivity index (χ3v) is 10.1. The Kier molecular flexibility index (Phi) is 8.04. The summed E-state index contributed by atoms with van der Waals surface area (Å²) in [6.07, 6.45) is 11.3. The number of nitrogens with zero attached hydrogens (tertiary/aromatic N) is 1. The van der Waals surface area contributed by atoms with Crippen molar-refractivity contribution < 1.29 is 29.0 Å². The summed E-state index contributed by atoms with van der Waals surface area (Å²) in [6.45, 7) is 4.61. The first-order valence-corrected chi connectivity index (χ1v) is 14.8. The van der Waals surface area contributed by atoms with Gasteiger partial charge in [-0.1, -0.05) is 25.5 Å². The van der Waals surface area contributed by atoms with E-state index in [1.807, 2.05) is 0 Å². The van der Waals surface area contributed by atoms with Crippen molar-refractivity contribution in [3.05, 3.63) is 35.4 Å². The highest BCUT2D eigenvalue weighted by Gasteiger charge is 2.46. The molecule has 0 aromatic heterocycles. The van der Waals surface area contributed by atoms with Crippen molar-refractivity contribution in [3.63, 3.8) is 0 Å². The van der Waals surface area contributed by atoms with E-state index < -0.39 is 11.4 Å². The number of aliphatic carboxylic acids is 1. The molecule has 3 fully saturated rings. The predicted molar refractivity (Wildman–Crippen MR) is 151 cm³/mol. The number of carboxylic acids is 1. The van der Waals surface area contributed by atoms with E-state index in [0.717, 1.165) is 25.7 Å². The van der Waals surface area contributed by atoms with Crippen LogP contribution in [0.5, 0.6) is 11.5 Å². The molecule has 3 N–H and O–H groups in total. The molecule has 3 saturated carbocycles. The second-order valence-corrected chi connectivity index (χ2v) is 13.0. The number of hydrogen-bond acceptors (Lipinski definition) is 6. The third kappa shape index (κ3) is 5.79. The zero-order valence-corrected chi connectivity index (χ0v) is 24.2. The molecule has 220 valence electrons. The first-order valence-electron chi connectivity index (χ1n) is 14.8. The standard InChI is InChI=1S/C32H41N3O6/c1-31(11-4-12-31)18-34-29(37)26-19-5-7-20(8-6-19)27(26)35-28(36)23-16-24(21(17-33)15-25(23)40-3)41-22-9-13-32(2,14-10-22)30(38)39/h5,7,15-16,19-20,22,26-27H,4,6,8-14,18H2,1-3H3,(H,34,37)(H,35,36)(H,38,39)/t19-,20+,22-,26-,27+,32+/m0/s1. The van der Waals surface area contributed by atoms with Gasteiger partial charge >= 0.3 is 5.97 Å². The van der Waals surface area contributed by atoms with E-state index in [4.69, 9.17) is 9.47 Å². The SMILES string of the molecule is COc1cc(C#N)c(O[C@H]2CC[C@@](C)(C(=O)O)CC2)cc1C(=O)N[C@H]1[C@@H](C(=O)NCC2(C)CCC2)[C@H]2C=C[C@@H]1CC2. The van der Waals surface area contributed by atoms with Crippen molar-refractivity contribution in [2.75, 3.05) is 13.7 Å². The Balaban J connectivity index is 1.33. The van der Waals surface area contributed by atoms with E-state index >= 15 is 0 Å². The number of nitrogens with one attached hydrogen (secondary N) is 2. The number of allylic oxidation sites excluding steroid dienone is 1. The van der Waals surface area contributed by atoms with Gasteiger partial charge in [-0.15, -0.1) is 0 Å². The van der Waals surface area contributed by atoms with Crippen LogP contribution in [0.3, 0.4) is 0 Å². The van der Waals surface area contributed by atoms with Gasteiger partial charge in [0.15, 0.2) is 0 Å². The second-order valence-electron chi connectivity index (χ2n) is 13.0. The molecule has 0 spiro atoms. The fraction of sp³-hybridized carbons (Fsp3) is 0.625. The molecule has 0 radical (unpaired) electrons. The summed E-state index contributed by atoms with van der Waals surface area (Å²) in [6, 6.07) is 4.83. The van der Waals surface area contributed by atoms with Crippen molar-refractivity contribution in [2.24, 2.45) is 28.6 Å².